The zero-order valence-electron chi connectivity index (χ0n) is 9.40. The molecule has 0 aromatic heterocycles. The fourth-order valence-electron chi connectivity index (χ4n) is 2.17. The van der Waals surface area contributed by atoms with Gasteiger partial charge in [0.05, 0.1) is 5.69 Å². The number of para-hydroxylation sites is 1. The SMILES string of the molecule is NC1(C(=O)O)CCCN(c2ccccc2F)C1. The quantitative estimate of drug-likeness (QED) is 0.812. The average Bonchev–Trinajstić information content (AvgIpc) is 2.29. The molecule has 0 bridgehead atoms. The number of carboxylic acids is 1. The normalized spacial score (nSPS) is 24.7. The number of piperidine rings is 1. The van der Waals surface area contributed by atoms with Gasteiger partial charge < -0.3 is 15.7 Å². The lowest BCUT2D eigenvalue weighted by Crippen LogP contribution is -2.59. The molecule has 1 aromatic carbocycles. The first-order valence-electron chi connectivity index (χ1n) is 5.55. The van der Waals surface area contributed by atoms with Crippen molar-refractivity contribution in [2.24, 2.45) is 5.73 Å². The third kappa shape index (κ3) is 2.24. The number of nitrogens with two attached hydrogens (primary N) is 1. The maximum atomic E-state index is 13.6. The molecule has 1 fully saturated rings. The van der Waals surface area contributed by atoms with E-state index >= 15 is 0 Å². The molecule has 1 heterocycles. The van der Waals surface area contributed by atoms with Crippen LogP contribution in [0.25, 0.3) is 0 Å². The Morgan fingerprint density at radius 2 is 2.18 bits per heavy atom. The van der Waals surface area contributed by atoms with Gasteiger partial charge in [0, 0.05) is 13.1 Å². The Kier molecular flexibility index (Phi) is 3.02. The Morgan fingerprint density at radius 3 is 2.82 bits per heavy atom. The van der Waals surface area contributed by atoms with Crippen LogP contribution in [0.4, 0.5) is 10.1 Å². The van der Waals surface area contributed by atoms with Crippen LogP contribution < -0.4 is 10.6 Å². The second kappa shape index (κ2) is 4.33. The molecule has 1 aliphatic rings. The van der Waals surface area contributed by atoms with Crippen LogP contribution in [-0.4, -0.2) is 29.7 Å². The van der Waals surface area contributed by atoms with Gasteiger partial charge in [-0.3, -0.25) is 4.79 Å². The molecule has 1 aromatic rings. The molecule has 1 saturated heterocycles. The number of carboxylic acid groups (broad SMARTS) is 1. The molecule has 0 amide bonds. The molecule has 17 heavy (non-hydrogen) atoms. The molecular weight excluding hydrogens is 223 g/mol. The van der Waals surface area contributed by atoms with Crippen molar-refractivity contribution >= 4 is 11.7 Å². The van der Waals surface area contributed by atoms with Gasteiger partial charge in [-0.1, -0.05) is 12.1 Å². The van der Waals surface area contributed by atoms with Crippen molar-refractivity contribution in [3.63, 3.8) is 0 Å². The average molecular weight is 238 g/mol. The fourth-order valence-corrected chi connectivity index (χ4v) is 2.17. The lowest BCUT2D eigenvalue weighted by atomic mass is 9.90. The van der Waals surface area contributed by atoms with Gasteiger partial charge >= 0.3 is 5.97 Å². The molecule has 3 N–H and O–H groups in total. The summed E-state index contributed by atoms with van der Waals surface area (Å²) in [4.78, 5) is 12.8. The number of hydrogen-bond acceptors (Lipinski definition) is 3. The van der Waals surface area contributed by atoms with Crippen LogP contribution in [-0.2, 0) is 4.79 Å². The topological polar surface area (TPSA) is 66.6 Å². The summed E-state index contributed by atoms with van der Waals surface area (Å²) in [5.41, 5.74) is 4.96. The first-order chi connectivity index (χ1) is 8.03. The highest BCUT2D eigenvalue weighted by molar-refractivity contribution is 5.80. The molecular formula is C12H15FN2O2. The first-order valence-corrected chi connectivity index (χ1v) is 5.55. The molecule has 5 heteroatoms. The summed E-state index contributed by atoms with van der Waals surface area (Å²) in [7, 11) is 0. The predicted octanol–water partition coefficient (Wildman–Crippen LogP) is 1.21. The van der Waals surface area contributed by atoms with Crippen LogP contribution in [0.3, 0.4) is 0 Å². The molecule has 0 saturated carbocycles. The predicted molar refractivity (Wildman–Crippen MR) is 62.4 cm³/mol. The first kappa shape index (κ1) is 11.9. The van der Waals surface area contributed by atoms with Gasteiger partial charge in [-0.05, 0) is 25.0 Å². The third-order valence-electron chi connectivity index (χ3n) is 3.14. The Balaban J connectivity index is 2.24. The number of aliphatic carboxylic acids is 1. The number of benzene rings is 1. The molecule has 1 atom stereocenters. The molecule has 4 nitrogen and oxygen atoms in total. The van der Waals surface area contributed by atoms with Gasteiger partial charge in [-0.15, -0.1) is 0 Å². The van der Waals surface area contributed by atoms with Crippen molar-refractivity contribution in [2.75, 3.05) is 18.0 Å². The maximum Gasteiger partial charge on any atom is 0.325 e. The van der Waals surface area contributed by atoms with E-state index in [9.17, 15) is 9.18 Å². The molecule has 0 aliphatic carbocycles. The minimum atomic E-state index is -1.28. The van der Waals surface area contributed by atoms with E-state index in [1.54, 1.807) is 23.1 Å². The van der Waals surface area contributed by atoms with Crippen LogP contribution in [0.15, 0.2) is 24.3 Å². The van der Waals surface area contributed by atoms with Crippen molar-refractivity contribution in [2.45, 2.75) is 18.4 Å². The van der Waals surface area contributed by atoms with E-state index in [2.05, 4.69) is 0 Å². The molecule has 0 radical (unpaired) electrons. The summed E-state index contributed by atoms with van der Waals surface area (Å²) in [5, 5.41) is 9.09. The zero-order chi connectivity index (χ0) is 12.5. The fraction of sp³-hybridized carbons (Fsp3) is 0.417. The minimum Gasteiger partial charge on any atom is -0.480 e. The van der Waals surface area contributed by atoms with E-state index in [1.165, 1.54) is 6.07 Å². The number of halogens is 1. The summed E-state index contributed by atoms with van der Waals surface area (Å²) in [5.74, 6) is -1.37. The van der Waals surface area contributed by atoms with Crippen molar-refractivity contribution in [1.82, 2.24) is 0 Å². The lowest BCUT2D eigenvalue weighted by molar-refractivity contribution is -0.143. The monoisotopic (exact) mass is 238 g/mol. The second-order valence-corrected chi connectivity index (χ2v) is 4.44. The van der Waals surface area contributed by atoms with Gasteiger partial charge in [0.25, 0.3) is 0 Å². The van der Waals surface area contributed by atoms with E-state index in [4.69, 9.17) is 10.8 Å². The van der Waals surface area contributed by atoms with Crippen molar-refractivity contribution in [1.29, 1.82) is 0 Å². The summed E-state index contributed by atoms with van der Waals surface area (Å²) in [6.07, 6.45) is 1.07. The highest BCUT2D eigenvalue weighted by atomic mass is 19.1. The number of carbonyl (C=O) groups is 1. The van der Waals surface area contributed by atoms with Crippen molar-refractivity contribution in [3.8, 4) is 0 Å². The summed E-state index contributed by atoms with van der Waals surface area (Å²) in [6, 6.07) is 6.34. The van der Waals surface area contributed by atoms with E-state index in [1.807, 2.05) is 0 Å². The van der Waals surface area contributed by atoms with Gasteiger partial charge in [0.1, 0.15) is 11.4 Å². The van der Waals surface area contributed by atoms with Gasteiger partial charge in [0.15, 0.2) is 0 Å². The van der Waals surface area contributed by atoms with Crippen molar-refractivity contribution in [3.05, 3.63) is 30.1 Å². The van der Waals surface area contributed by atoms with Crippen LogP contribution in [0, 0.1) is 5.82 Å². The highest BCUT2D eigenvalue weighted by Gasteiger charge is 2.39. The number of rotatable bonds is 2. The standard InChI is InChI=1S/C12H15FN2O2/c13-9-4-1-2-5-10(9)15-7-3-6-12(14,8-15)11(16)17/h1-2,4-5H,3,6-8,14H2,(H,16,17). The van der Waals surface area contributed by atoms with Gasteiger partial charge in [-0.25, -0.2) is 4.39 Å². The molecule has 1 unspecified atom stereocenters. The van der Waals surface area contributed by atoms with E-state index in [0.29, 0.717) is 25.1 Å². The largest absolute Gasteiger partial charge is 0.480 e. The van der Waals surface area contributed by atoms with E-state index in [-0.39, 0.29) is 12.4 Å². The highest BCUT2D eigenvalue weighted by Crippen LogP contribution is 2.26. The Labute approximate surface area is 98.8 Å². The van der Waals surface area contributed by atoms with Crippen molar-refractivity contribution < 1.29 is 14.3 Å². The lowest BCUT2D eigenvalue weighted by Gasteiger charge is -2.38. The van der Waals surface area contributed by atoms with E-state index in [0.717, 1.165) is 0 Å². The second-order valence-electron chi connectivity index (χ2n) is 4.44. The van der Waals surface area contributed by atoms with E-state index < -0.39 is 11.5 Å². The Bertz CT molecular complexity index is 438. The number of hydrogen-bond donors (Lipinski definition) is 2. The zero-order valence-corrected chi connectivity index (χ0v) is 9.40. The summed E-state index contributed by atoms with van der Waals surface area (Å²) < 4.78 is 13.6. The minimum absolute atomic E-state index is 0.142. The summed E-state index contributed by atoms with van der Waals surface area (Å²) >= 11 is 0. The third-order valence-corrected chi connectivity index (χ3v) is 3.14. The molecule has 0 spiro atoms. The Hall–Kier alpha value is -1.62. The molecule has 2 rings (SSSR count). The Morgan fingerprint density at radius 1 is 1.47 bits per heavy atom. The van der Waals surface area contributed by atoms with Crippen LogP contribution in [0.2, 0.25) is 0 Å². The summed E-state index contributed by atoms with van der Waals surface area (Å²) in [6.45, 7) is 0.774. The maximum absolute atomic E-state index is 13.6. The smallest absolute Gasteiger partial charge is 0.325 e. The van der Waals surface area contributed by atoms with Crippen LogP contribution in [0.1, 0.15) is 12.8 Å². The van der Waals surface area contributed by atoms with Crippen LogP contribution in [0.5, 0.6) is 0 Å². The van der Waals surface area contributed by atoms with Crippen LogP contribution >= 0.6 is 0 Å². The molecule has 1 aliphatic heterocycles. The molecule has 92 valence electrons. The number of anilines is 1. The van der Waals surface area contributed by atoms with Gasteiger partial charge in [-0.2, -0.15) is 0 Å². The number of nitrogens with zero attached hydrogens (tertiary/aromatic N) is 1. The van der Waals surface area contributed by atoms with Gasteiger partial charge in [0.2, 0.25) is 0 Å².